The topological polar surface area (TPSA) is 87.4 Å². The van der Waals surface area contributed by atoms with Gasteiger partial charge in [0, 0.05) is 11.1 Å². The molecule has 0 radical (unpaired) electrons. The summed E-state index contributed by atoms with van der Waals surface area (Å²) >= 11 is 0. The second kappa shape index (κ2) is 8.43. The minimum absolute atomic E-state index is 0.376. The quantitative estimate of drug-likeness (QED) is 0.396. The maximum absolute atomic E-state index is 13.6. The van der Waals surface area contributed by atoms with Crippen LogP contribution in [0.4, 0.5) is 10.2 Å². The van der Waals surface area contributed by atoms with Crippen molar-refractivity contribution in [3.05, 3.63) is 107 Å². The monoisotopic (exact) mass is 457 g/mol. The molecule has 5 rings (SSSR count). The maximum atomic E-state index is 13.6. The normalized spacial score (nSPS) is 21.5. The van der Waals surface area contributed by atoms with Crippen LogP contribution in [0.1, 0.15) is 35.6 Å². The lowest BCUT2D eigenvalue weighted by atomic mass is 9.77. The van der Waals surface area contributed by atoms with Crippen LogP contribution in [-0.2, 0) is 16.9 Å². The Bertz CT molecular complexity index is 1320. The van der Waals surface area contributed by atoms with Gasteiger partial charge in [-0.15, -0.1) is 0 Å². The number of anilines is 1. The number of benzene rings is 3. The molecule has 0 fully saturated rings. The van der Waals surface area contributed by atoms with Gasteiger partial charge in [-0.3, -0.25) is 0 Å². The number of aliphatic hydroxyl groups is 1. The highest BCUT2D eigenvalue weighted by Gasteiger charge is 2.56. The average molecular weight is 458 g/mol. The number of carbonyl (C=O) groups is 1. The van der Waals surface area contributed by atoms with Crippen molar-refractivity contribution >= 4 is 11.8 Å². The molecule has 34 heavy (non-hydrogen) atoms. The van der Waals surface area contributed by atoms with Crippen LogP contribution in [0.5, 0.6) is 0 Å². The molecule has 0 amide bonds. The molecule has 1 aromatic heterocycles. The van der Waals surface area contributed by atoms with Crippen molar-refractivity contribution in [1.29, 1.82) is 0 Å². The molecule has 3 atom stereocenters. The van der Waals surface area contributed by atoms with Crippen LogP contribution >= 0.6 is 0 Å². The molecule has 0 saturated carbocycles. The van der Waals surface area contributed by atoms with Gasteiger partial charge < -0.3 is 15.5 Å². The summed E-state index contributed by atoms with van der Waals surface area (Å²) in [6.45, 7) is 1.94. The van der Waals surface area contributed by atoms with Crippen LogP contribution in [-0.4, -0.2) is 26.0 Å². The van der Waals surface area contributed by atoms with Crippen molar-refractivity contribution < 1.29 is 19.4 Å². The summed E-state index contributed by atoms with van der Waals surface area (Å²) < 4.78 is 14.7. The lowest BCUT2D eigenvalue weighted by molar-refractivity contribution is -0.179. The van der Waals surface area contributed by atoms with E-state index in [2.05, 4.69) is 10.4 Å². The molecule has 7 heteroatoms. The van der Waals surface area contributed by atoms with Gasteiger partial charge in [0.25, 0.3) is 5.72 Å². The zero-order valence-corrected chi connectivity index (χ0v) is 18.5. The van der Waals surface area contributed by atoms with E-state index in [4.69, 9.17) is 0 Å². The maximum Gasteiger partial charge on any atom is 0.360 e. The lowest BCUT2D eigenvalue weighted by Gasteiger charge is -2.44. The minimum atomic E-state index is -2.37. The van der Waals surface area contributed by atoms with Gasteiger partial charge in [-0.25, -0.2) is 13.9 Å². The first kappa shape index (κ1) is 21.9. The number of halogens is 1. The predicted molar refractivity (Wildman–Crippen MR) is 127 cm³/mol. The Labute approximate surface area is 196 Å². The summed E-state index contributed by atoms with van der Waals surface area (Å²) in [5.41, 5.74) is 1.03. The fourth-order valence-electron chi connectivity index (χ4n) is 4.86. The van der Waals surface area contributed by atoms with Crippen LogP contribution in [0.2, 0.25) is 0 Å². The van der Waals surface area contributed by atoms with E-state index in [-0.39, 0.29) is 5.82 Å². The van der Waals surface area contributed by atoms with Gasteiger partial charge in [0.15, 0.2) is 0 Å². The first-order valence-electron chi connectivity index (χ1n) is 11.2. The molecule has 0 aliphatic carbocycles. The molecule has 172 valence electrons. The van der Waals surface area contributed by atoms with Crippen molar-refractivity contribution in [3.63, 3.8) is 0 Å². The number of nitrogens with one attached hydrogen (secondary N) is 1. The molecular formula is C27H24FN3O3. The molecule has 4 aromatic rings. The average Bonchev–Trinajstić information content (AvgIpc) is 3.24. The number of fused-ring (bicyclic) bond motifs is 1. The number of aliphatic carboxylic acids is 1. The number of carboxylic acid groups (broad SMARTS) is 1. The number of hydrogen-bond donors (Lipinski definition) is 3. The van der Waals surface area contributed by atoms with Crippen molar-refractivity contribution in [1.82, 2.24) is 9.78 Å². The van der Waals surface area contributed by atoms with Crippen LogP contribution in [0.15, 0.2) is 84.9 Å². The van der Waals surface area contributed by atoms with Gasteiger partial charge in [0.05, 0.1) is 17.7 Å². The zero-order chi connectivity index (χ0) is 23.9. The van der Waals surface area contributed by atoms with E-state index in [1.807, 2.05) is 67.6 Å². The van der Waals surface area contributed by atoms with Crippen LogP contribution < -0.4 is 5.32 Å². The lowest BCUT2D eigenvalue weighted by Crippen LogP contribution is -2.54. The number of aromatic nitrogens is 2. The van der Waals surface area contributed by atoms with Gasteiger partial charge in [-0.05, 0) is 41.8 Å². The highest BCUT2D eigenvalue weighted by molar-refractivity contribution is 5.80. The first-order valence-corrected chi connectivity index (χ1v) is 11.2. The fourth-order valence-corrected chi connectivity index (χ4v) is 4.86. The number of carboxylic acids is 1. The van der Waals surface area contributed by atoms with Crippen molar-refractivity contribution in [3.8, 4) is 11.3 Å². The van der Waals surface area contributed by atoms with E-state index in [1.165, 1.54) is 16.8 Å². The van der Waals surface area contributed by atoms with E-state index in [0.717, 1.165) is 11.1 Å². The third kappa shape index (κ3) is 3.36. The van der Waals surface area contributed by atoms with E-state index in [0.29, 0.717) is 29.1 Å². The molecule has 0 spiro atoms. The van der Waals surface area contributed by atoms with Gasteiger partial charge in [-0.2, -0.15) is 5.10 Å². The van der Waals surface area contributed by atoms with E-state index >= 15 is 0 Å². The summed E-state index contributed by atoms with van der Waals surface area (Å²) in [5, 5.41) is 30.5. The van der Waals surface area contributed by atoms with Gasteiger partial charge >= 0.3 is 5.97 Å². The number of nitrogens with zero attached hydrogens (tertiary/aromatic N) is 2. The predicted octanol–water partition coefficient (Wildman–Crippen LogP) is 4.93. The third-order valence-corrected chi connectivity index (χ3v) is 6.47. The molecule has 0 bridgehead atoms. The molecule has 1 aliphatic rings. The molecule has 3 N–H and O–H groups in total. The van der Waals surface area contributed by atoms with Crippen LogP contribution in [0, 0.1) is 5.82 Å². The van der Waals surface area contributed by atoms with Crippen LogP contribution in [0.25, 0.3) is 11.3 Å². The third-order valence-electron chi connectivity index (χ3n) is 6.47. The summed E-state index contributed by atoms with van der Waals surface area (Å²) in [6, 6.07) is 23.9. The smallest absolute Gasteiger partial charge is 0.360 e. The molecule has 6 nitrogen and oxygen atoms in total. The van der Waals surface area contributed by atoms with E-state index < -0.39 is 23.7 Å². The van der Waals surface area contributed by atoms with Crippen molar-refractivity contribution in [2.45, 2.75) is 31.0 Å². The standard InChI is InChI=1S/C27H24FN3O3/c1-2-21-23(19-13-15-20(28)16-14-19)30-31-25(21)29-24(18-11-7-4-8-12-18)22(27(31,34)26(32)33)17-9-5-3-6-10-17/h3-16,22,24,29,34H,2H2,1H3,(H,32,33)/t22-,24+,27-/m0/s1. The number of hydrogen-bond acceptors (Lipinski definition) is 4. The van der Waals surface area contributed by atoms with Crippen LogP contribution in [0.3, 0.4) is 0 Å². The fraction of sp³-hybridized carbons (Fsp3) is 0.185. The summed E-state index contributed by atoms with van der Waals surface area (Å²) in [4.78, 5) is 12.8. The van der Waals surface area contributed by atoms with E-state index in [1.54, 1.807) is 12.1 Å². The highest BCUT2D eigenvalue weighted by Crippen LogP contribution is 2.50. The Balaban J connectivity index is 1.79. The summed E-state index contributed by atoms with van der Waals surface area (Å²) in [7, 11) is 0. The Hall–Kier alpha value is -3.97. The first-order chi connectivity index (χ1) is 16.4. The van der Waals surface area contributed by atoms with Crippen molar-refractivity contribution in [2.75, 3.05) is 5.32 Å². The summed E-state index contributed by atoms with van der Waals surface area (Å²) in [5.74, 6) is -2.22. The Morgan fingerprint density at radius 3 is 2.15 bits per heavy atom. The Morgan fingerprint density at radius 2 is 1.59 bits per heavy atom. The van der Waals surface area contributed by atoms with Gasteiger partial charge in [0.2, 0.25) is 0 Å². The second-order valence-corrected chi connectivity index (χ2v) is 8.40. The SMILES string of the molecule is CCc1c(-c2ccc(F)cc2)nn2c1N[C@H](c1ccccc1)[C@H](c1ccccc1)[C@]2(O)C(=O)O. The minimum Gasteiger partial charge on any atom is -0.478 e. The van der Waals surface area contributed by atoms with Gasteiger partial charge in [-0.1, -0.05) is 67.6 Å². The second-order valence-electron chi connectivity index (χ2n) is 8.40. The highest BCUT2D eigenvalue weighted by atomic mass is 19.1. The number of rotatable bonds is 5. The Morgan fingerprint density at radius 1 is 1.00 bits per heavy atom. The molecule has 2 heterocycles. The van der Waals surface area contributed by atoms with E-state index in [9.17, 15) is 19.4 Å². The molecule has 1 aliphatic heterocycles. The molecule has 0 unspecified atom stereocenters. The molecule has 0 saturated heterocycles. The zero-order valence-electron chi connectivity index (χ0n) is 18.5. The molecule has 3 aromatic carbocycles. The van der Waals surface area contributed by atoms with Crippen molar-refractivity contribution in [2.24, 2.45) is 0 Å². The Kier molecular flexibility index (Phi) is 5.42. The summed E-state index contributed by atoms with van der Waals surface area (Å²) in [6.07, 6.45) is 0.530. The van der Waals surface area contributed by atoms with Gasteiger partial charge in [0.1, 0.15) is 11.6 Å². The molecular weight excluding hydrogens is 433 g/mol. The largest absolute Gasteiger partial charge is 0.478 e.